The van der Waals surface area contributed by atoms with Gasteiger partial charge in [-0.2, -0.15) is 0 Å². The Balaban J connectivity index is 1.71. The van der Waals surface area contributed by atoms with E-state index in [-0.39, 0.29) is 24.8 Å². The first-order valence-electron chi connectivity index (χ1n) is 11.1. The fourth-order valence-corrected chi connectivity index (χ4v) is 4.24. The molecule has 0 aliphatic rings. The molecule has 0 unspecified atom stereocenters. The number of carbonyl (C=O) groups is 1. The smallest absolute Gasteiger partial charge is 0.268 e. The average molecular weight is 493 g/mol. The maximum atomic E-state index is 14.4. The molecule has 0 spiro atoms. The van der Waals surface area contributed by atoms with Gasteiger partial charge in [-0.3, -0.25) is 4.79 Å². The van der Waals surface area contributed by atoms with E-state index in [1.54, 1.807) is 55.2 Å². The summed E-state index contributed by atoms with van der Waals surface area (Å²) in [4.78, 5) is 13.6. The molecule has 0 fully saturated rings. The van der Waals surface area contributed by atoms with Crippen LogP contribution in [0.4, 0.5) is 4.39 Å². The van der Waals surface area contributed by atoms with Gasteiger partial charge in [0.1, 0.15) is 23.0 Å². The van der Waals surface area contributed by atoms with Crippen molar-refractivity contribution in [2.75, 3.05) is 14.2 Å². The predicted molar refractivity (Wildman–Crippen MR) is 136 cm³/mol. The van der Waals surface area contributed by atoms with Crippen LogP contribution in [0.15, 0.2) is 72.9 Å². The zero-order valence-electron chi connectivity index (χ0n) is 19.8. The van der Waals surface area contributed by atoms with Crippen molar-refractivity contribution in [1.82, 2.24) is 9.88 Å². The van der Waals surface area contributed by atoms with Crippen LogP contribution in [0.3, 0.4) is 0 Å². The molecule has 4 aromatic rings. The first-order valence-corrected chi connectivity index (χ1v) is 11.5. The summed E-state index contributed by atoms with van der Waals surface area (Å²) in [5, 5.41) is 3.61. The van der Waals surface area contributed by atoms with Gasteiger partial charge in [0, 0.05) is 40.5 Å². The first kappa shape index (κ1) is 24.4. The SMILES string of the molecule is COc1ccc(CNC(=O)c2c(-c3ccc(Cl)cc3)c(C)cn2Cc2ccccc2F)c(OC)c1. The molecule has 1 heterocycles. The number of hydrogen-bond acceptors (Lipinski definition) is 3. The van der Waals surface area contributed by atoms with Gasteiger partial charge in [-0.15, -0.1) is 0 Å². The Bertz CT molecular complexity index is 1350. The van der Waals surface area contributed by atoms with Gasteiger partial charge in [0.25, 0.3) is 5.91 Å². The number of hydrogen-bond donors (Lipinski definition) is 1. The molecule has 3 aromatic carbocycles. The van der Waals surface area contributed by atoms with E-state index in [2.05, 4.69) is 5.32 Å². The number of methoxy groups -OCH3 is 2. The lowest BCUT2D eigenvalue weighted by Gasteiger charge is -2.15. The number of aryl methyl sites for hydroxylation is 1. The molecule has 0 atom stereocenters. The highest BCUT2D eigenvalue weighted by molar-refractivity contribution is 6.30. The molecule has 1 amide bonds. The zero-order valence-corrected chi connectivity index (χ0v) is 20.5. The molecule has 180 valence electrons. The average Bonchev–Trinajstić information content (AvgIpc) is 3.19. The largest absolute Gasteiger partial charge is 0.497 e. The van der Waals surface area contributed by atoms with Crippen LogP contribution < -0.4 is 14.8 Å². The van der Waals surface area contributed by atoms with Gasteiger partial charge in [0.05, 0.1) is 20.8 Å². The molecule has 0 saturated heterocycles. The first-order chi connectivity index (χ1) is 16.9. The molecule has 0 aliphatic carbocycles. The molecule has 0 radical (unpaired) electrons. The monoisotopic (exact) mass is 492 g/mol. The van der Waals surface area contributed by atoms with Crippen LogP contribution in [0.5, 0.6) is 11.5 Å². The van der Waals surface area contributed by atoms with Crippen LogP contribution in [-0.2, 0) is 13.1 Å². The van der Waals surface area contributed by atoms with Crippen LogP contribution in [0.25, 0.3) is 11.1 Å². The summed E-state index contributed by atoms with van der Waals surface area (Å²) in [5.41, 5.74) is 4.27. The Morgan fingerprint density at radius 3 is 2.43 bits per heavy atom. The van der Waals surface area contributed by atoms with Crippen molar-refractivity contribution < 1.29 is 18.7 Å². The van der Waals surface area contributed by atoms with Crippen LogP contribution in [0.1, 0.15) is 27.2 Å². The third-order valence-electron chi connectivity index (χ3n) is 5.85. The van der Waals surface area contributed by atoms with Gasteiger partial charge in [-0.25, -0.2) is 4.39 Å². The number of aromatic nitrogens is 1. The Kier molecular flexibility index (Phi) is 7.42. The Morgan fingerprint density at radius 1 is 1.00 bits per heavy atom. The van der Waals surface area contributed by atoms with E-state index >= 15 is 0 Å². The number of amides is 1. The molecule has 4 rings (SSSR count). The minimum Gasteiger partial charge on any atom is -0.497 e. The lowest BCUT2D eigenvalue weighted by molar-refractivity contribution is 0.0942. The molecule has 0 aliphatic heterocycles. The molecule has 5 nitrogen and oxygen atoms in total. The minimum atomic E-state index is -0.318. The number of nitrogens with one attached hydrogen (secondary N) is 1. The fourth-order valence-electron chi connectivity index (χ4n) is 4.11. The molecular formula is C28H26ClFN2O3. The second-order valence-electron chi connectivity index (χ2n) is 8.12. The Morgan fingerprint density at radius 2 is 1.74 bits per heavy atom. The summed E-state index contributed by atoms with van der Waals surface area (Å²) < 4.78 is 26.9. The third kappa shape index (κ3) is 5.33. The molecule has 1 N–H and O–H groups in total. The summed E-state index contributed by atoms with van der Waals surface area (Å²) >= 11 is 6.09. The number of nitrogens with zero attached hydrogens (tertiary/aromatic N) is 1. The van der Waals surface area contributed by atoms with E-state index in [1.165, 1.54) is 6.07 Å². The van der Waals surface area contributed by atoms with Gasteiger partial charge in [0.2, 0.25) is 0 Å². The van der Waals surface area contributed by atoms with Crippen molar-refractivity contribution in [2.45, 2.75) is 20.0 Å². The van der Waals surface area contributed by atoms with Crippen molar-refractivity contribution in [3.63, 3.8) is 0 Å². The lowest BCUT2D eigenvalue weighted by atomic mass is 10.0. The van der Waals surface area contributed by atoms with Crippen molar-refractivity contribution in [2.24, 2.45) is 0 Å². The van der Waals surface area contributed by atoms with E-state index in [9.17, 15) is 9.18 Å². The van der Waals surface area contributed by atoms with Crippen LogP contribution in [-0.4, -0.2) is 24.7 Å². The molecule has 1 aromatic heterocycles. The van der Waals surface area contributed by atoms with E-state index in [4.69, 9.17) is 21.1 Å². The van der Waals surface area contributed by atoms with Gasteiger partial charge in [0.15, 0.2) is 0 Å². The van der Waals surface area contributed by atoms with E-state index in [0.717, 1.165) is 22.3 Å². The number of halogens is 2. The van der Waals surface area contributed by atoms with Crippen LogP contribution >= 0.6 is 11.6 Å². The van der Waals surface area contributed by atoms with E-state index in [1.807, 2.05) is 37.4 Å². The fraction of sp³-hybridized carbons (Fsp3) is 0.179. The third-order valence-corrected chi connectivity index (χ3v) is 6.10. The standard InChI is InChI=1S/C28H26ClFN2O3/c1-18-16-32(17-21-6-4-5-7-24(21)30)27(26(18)19-8-11-22(29)12-9-19)28(33)31-15-20-10-13-23(34-2)14-25(20)35-3/h4-14,16H,15,17H2,1-3H3,(H,31,33). The van der Waals surface area contributed by atoms with Gasteiger partial charge < -0.3 is 19.4 Å². The number of rotatable bonds is 8. The van der Waals surface area contributed by atoms with Crippen molar-refractivity contribution in [3.05, 3.63) is 106 Å². The molecule has 0 bridgehead atoms. The van der Waals surface area contributed by atoms with Crippen molar-refractivity contribution >= 4 is 17.5 Å². The normalized spacial score (nSPS) is 10.8. The van der Waals surface area contributed by atoms with Crippen LogP contribution in [0.2, 0.25) is 5.02 Å². The predicted octanol–water partition coefficient (Wildman–Crippen LogP) is 6.25. The van der Waals surface area contributed by atoms with Gasteiger partial charge in [-0.05, 0) is 48.4 Å². The van der Waals surface area contributed by atoms with Gasteiger partial charge >= 0.3 is 0 Å². The summed E-state index contributed by atoms with van der Waals surface area (Å²) in [6, 6.07) is 19.3. The highest BCUT2D eigenvalue weighted by atomic mass is 35.5. The summed E-state index contributed by atoms with van der Waals surface area (Å²) in [6.45, 7) is 2.40. The topological polar surface area (TPSA) is 52.5 Å². The Labute approximate surface area is 209 Å². The summed E-state index contributed by atoms with van der Waals surface area (Å²) in [7, 11) is 3.15. The van der Waals surface area contributed by atoms with Crippen molar-refractivity contribution in [1.29, 1.82) is 0 Å². The quantitative estimate of drug-likeness (QED) is 0.316. The maximum absolute atomic E-state index is 14.4. The molecular weight excluding hydrogens is 467 g/mol. The maximum Gasteiger partial charge on any atom is 0.268 e. The molecule has 0 saturated carbocycles. The number of ether oxygens (including phenoxy) is 2. The molecule has 7 heteroatoms. The highest BCUT2D eigenvalue weighted by Gasteiger charge is 2.22. The minimum absolute atomic E-state index is 0.218. The van der Waals surface area contributed by atoms with Crippen LogP contribution in [0, 0.1) is 12.7 Å². The van der Waals surface area contributed by atoms with Gasteiger partial charge in [-0.1, -0.05) is 41.9 Å². The zero-order chi connectivity index (χ0) is 24.9. The Hall–Kier alpha value is -3.77. The highest BCUT2D eigenvalue weighted by Crippen LogP contribution is 2.31. The second kappa shape index (κ2) is 10.7. The molecule has 35 heavy (non-hydrogen) atoms. The lowest BCUT2D eigenvalue weighted by Crippen LogP contribution is -2.26. The van der Waals surface area contributed by atoms with E-state index in [0.29, 0.717) is 27.8 Å². The second-order valence-corrected chi connectivity index (χ2v) is 8.56. The van der Waals surface area contributed by atoms with E-state index < -0.39 is 0 Å². The summed E-state index contributed by atoms with van der Waals surface area (Å²) in [5.74, 6) is 0.676. The van der Waals surface area contributed by atoms with Crippen molar-refractivity contribution in [3.8, 4) is 22.6 Å². The number of benzene rings is 3. The number of carbonyl (C=O) groups excluding carboxylic acids is 1. The summed E-state index contributed by atoms with van der Waals surface area (Å²) in [6.07, 6.45) is 1.87.